The number of carbonyl (C=O) groups is 2. The van der Waals surface area contributed by atoms with E-state index in [1.54, 1.807) is 23.2 Å². The largest absolute Gasteiger partial charge is 0.343 e. The fraction of sp³-hybridized carbons (Fsp3) is 0.600. The molecule has 1 fully saturated rings. The number of rotatable bonds is 5. The van der Waals surface area contributed by atoms with E-state index in [1.165, 1.54) is 4.88 Å². The third kappa shape index (κ3) is 3.03. The molecule has 1 N–H and O–H groups in total. The molecule has 5 heteroatoms. The lowest BCUT2D eigenvalue weighted by Gasteiger charge is -2.41. The van der Waals surface area contributed by atoms with Crippen molar-refractivity contribution in [3.63, 3.8) is 0 Å². The average Bonchev–Trinajstić information content (AvgIpc) is 2.89. The third-order valence-corrected chi connectivity index (χ3v) is 4.69. The van der Waals surface area contributed by atoms with Crippen molar-refractivity contribution in [2.24, 2.45) is 0 Å². The van der Waals surface area contributed by atoms with E-state index in [1.807, 2.05) is 25.3 Å². The fourth-order valence-corrected chi connectivity index (χ4v) is 3.58. The zero-order valence-corrected chi connectivity index (χ0v) is 13.1. The van der Waals surface area contributed by atoms with E-state index in [0.29, 0.717) is 6.42 Å². The molecule has 1 aromatic rings. The van der Waals surface area contributed by atoms with E-state index in [4.69, 9.17) is 0 Å². The molecule has 110 valence electrons. The number of hydrogen-bond donors (Lipinski definition) is 1. The van der Waals surface area contributed by atoms with Crippen molar-refractivity contribution in [1.29, 1.82) is 0 Å². The van der Waals surface area contributed by atoms with Gasteiger partial charge in [-0.2, -0.15) is 0 Å². The van der Waals surface area contributed by atoms with Gasteiger partial charge in [-0.15, -0.1) is 11.3 Å². The highest BCUT2D eigenvalue weighted by Gasteiger charge is 2.39. The van der Waals surface area contributed by atoms with Gasteiger partial charge in [0.25, 0.3) is 0 Å². The Kier molecular flexibility index (Phi) is 4.81. The third-order valence-electron chi connectivity index (χ3n) is 3.79. The quantitative estimate of drug-likeness (QED) is 0.905. The van der Waals surface area contributed by atoms with Crippen molar-refractivity contribution in [2.45, 2.75) is 58.2 Å². The molecule has 0 spiro atoms. The van der Waals surface area contributed by atoms with Gasteiger partial charge in [0.05, 0.1) is 0 Å². The Bertz CT molecular complexity index is 472. The second kappa shape index (κ2) is 6.39. The molecule has 0 bridgehead atoms. The number of thiophene rings is 1. The van der Waals surface area contributed by atoms with Crippen LogP contribution in [0.15, 0.2) is 17.5 Å². The number of piperazine rings is 1. The van der Waals surface area contributed by atoms with E-state index in [-0.39, 0.29) is 29.9 Å². The van der Waals surface area contributed by atoms with Crippen molar-refractivity contribution in [3.8, 4) is 0 Å². The second-order valence-electron chi connectivity index (χ2n) is 5.40. The van der Waals surface area contributed by atoms with Crippen LogP contribution < -0.4 is 5.32 Å². The minimum Gasteiger partial charge on any atom is -0.343 e. The minimum absolute atomic E-state index is 0.0407. The van der Waals surface area contributed by atoms with Crippen LogP contribution in [0.2, 0.25) is 0 Å². The Labute approximate surface area is 124 Å². The van der Waals surface area contributed by atoms with Crippen LogP contribution in [0.25, 0.3) is 0 Å². The van der Waals surface area contributed by atoms with E-state index in [2.05, 4.69) is 11.4 Å². The predicted octanol–water partition coefficient (Wildman–Crippen LogP) is 2.19. The van der Waals surface area contributed by atoms with E-state index >= 15 is 0 Å². The molecule has 1 aliphatic rings. The molecule has 1 saturated heterocycles. The predicted molar refractivity (Wildman–Crippen MR) is 80.6 cm³/mol. The molecule has 20 heavy (non-hydrogen) atoms. The van der Waals surface area contributed by atoms with Crippen LogP contribution in [-0.2, 0) is 16.0 Å². The number of nitrogens with zero attached hydrogens (tertiary/aromatic N) is 1. The van der Waals surface area contributed by atoms with Crippen LogP contribution in [-0.4, -0.2) is 34.8 Å². The molecule has 0 saturated carbocycles. The molecule has 1 aromatic heterocycles. The first-order valence-electron chi connectivity index (χ1n) is 7.19. The highest BCUT2D eigenvalue weighted by atomic mass is 32.1. The van der Waals surface area contributed by atoms with Crippen molar-refractivity contribution in [3.05, 3.63) is 22.4 Å². The maximum absolute atomic E-state index is 12.6. The number of carbonyl (C=O) groups excluding carboxylic acids is 2. The summed E-state index contributed by atoms with van der Waals surface area (Å²) in [6, 6.07) is 3.39. The number of hydrogen-bond acceptors (Lipinski definition) is 3. The highest BCUT2D eigenvalue weighted by Crippen LogP contribution is 2.20. The van der Waals surface area contributed by atoms with Crippen molar-refractivity contribution in [1.82, 2.24) is 10.2 Å². The van der Waals surface area contributed by atoms with Gasteiger partial charge >= 0.3 is 0 Å². The van der Waals surface area contributed by atoms with Crippen LogP contribution in [0.1, 0.15) is 38.5 Å². The molecule has 3 unspecified atom stereocenters. The zero-order chi connectivity index (χ0) is 14.7. The summed E-state index contributed by atoms with van der Waals surface area (Å²) >= 11 is 1.69. The van der Waals surface area contributed by atoms with Crippen molar-refractivity contribution >= 4 is 23.2 Å². The first-order chi connectivity index (χ1) is 9.54. The highest BCUT2D eigenvalue weighted by molar-refractivity contribution is 7.09. The van der Waals surface area contributed by atoms with Gasteiger partial charge in [0.2, 0.25) is 11.8 Å². The lowest BCUT2D eigenvalue weighted by Crippen LogP contribution is -2.64. The van der Waals surface area contributed by atoms with Gasteiger partial charge in [-0.25, -0.2) is 0 Å². The Morgan fingerprint density at radius 1 is 1.45 bits per heavy atom. The van der Waals surface area contributed by atoms with Crippen molar-refractivity contribution in [2.75, 3.05) is 0 Å². The number of amides is 2. The van der Waals surface area contributed by atoms with Gasteiger partial charge in [0.15, 0.2) is 0 Å². The van der Waals surface area contributed by atoms with Gasteiger partial charge in [-0.3, -0.25) is 9.59 Å². The molecule has 4 nitrogen and oxygen atoms in total. The summed E-state index contributed by atoms with van der Waals surface area (Å²) in [4.78, 5) is 27.6. The van der Waals surface area contributed by atoms with E-state index < -0.39 is 0 Å². The number of nitrogens with one attached hydrogen (secondary N) is 1. The Morgan fingerprint density at radius 3 is 2.80 bits per heavy atom. The van der Waals surface area contributed by atoms with Gasteiger partial charge in [-0.1, -0.05) is 19.4 Å². The molecule has 2 rings (SSSR count). The van der Waals surface area contributed by atoms with Gasteiger partial charge < -0.3 is 10.2 Å². The van der Waals surface area contributed by atoms with Crippen molar-refractivity contribution < 1.29 is 9.59 Å². The summed E-state index contributed by atoms with van der Waals surface area (Å²) in [5, 5.41) is 4.87. The summed E-state index contributed by atoms with van der Waals surface area (Å²) < 4.78 is 0. The maximum Gasteiger partial charge on any atom is 0.246 e. The second-order valence-corrected chi connectivity index (χ2v) is 6.44. The standard InChI is InChI=1S/C15H22N2O2S/c1-4-6-13-15(19)17(11(3)14(18)16-13)10(2)9-12-7-5-8-20-12/h5,7-8,10-11,13H,4,6,9H2,1-3H3,(H,16,18). The topological polar surface area (TPSA) is 49.4 Å². The van der Waals surface area contributed by atoms with Crippen LogP contribution in [0.3, 0.4) is 0 Å². The minimum atomic E-state index is -0.384. The Balaban J connectivity index is 2.13. The Morgan fingerprint density at radius 2 is 2.20 bits per heavy atom. The van der Waals surface area contributed by atoms with E-state index in [0.717, 1.165) is 12.8 Å². The SMILES string of the molecule is CCCC1NC(=O)C(C)N(C(C)Cc2cccs2)C1=O. The van der Waals surface area contributed by atoms with E-state index in [9.17, 15) is 9.59 Å². The molecule has 0 aliphatic carbocycles. The zero-order valence-electron chi connectivity index (χ0n) is 12.3. The summed E-state index contributed by atoms with van der Waals surface area (Å²) in [6.45, 7) is 5.85. The molecule has 3 atom stereocenters. The summed E-state index contributed by atoms with van der Waals surface area (Å²) in [5.41, 5.74) is 0. The summed E-state index contributed by atoms with van der Waals surface area (Å²) in [7, 11) is 0. The molecule has 1 aliphatic heterocycles. The summed E-state index contributed by atoms with van der Waals surface area (Å²) in [5.74, 6) is 0.0177. The molecular formula is C15H22N2O2S. The van der Waals surface area contributed by atoms with Crippen LogP contribution >= 0.6 is 11.3 Å². The Hall–Kier alpha value is -1.36. The van der Waals surface area contributed by atoms with Crippen LogP contribution in [0.5, 0.6) is 0 Å². The van der Waals surface area contributed by atoms with Gasteiger partial charge in [-0.05, 0) is 31.7 Å². The van der Waals surface area contributed by atoms with Gasteiger partial charge in [0, 0.05) is 17.3 Å². The lowest BCUT2D eigenvalue weighted by atomic mass is 10.0. The normalized spacial score (nSPS) is 24.6. The maximum atomic E-state index is 12.6. The smallest absolute Gasteiger partial charge is 0.246 e. The molecule has 2 amide bonds. The fourth-order valence-electron chi connectivity index (χ4n) is 2.75. The molecule has 2 heterocycles. The molecular weight excluding hydrogens is 272 g/mol. The summed E-state index contributed by atoms with van der Waals surface area (Å²) in [6.07, 6.45) is 2.40. The van der Waals surface area contributed by atoms with Gasteiger partial charge in [0.1, 0.15) is 12.1 Å². The van der Waals surface area contributed by atoms with Crippen LogP contribution in [0.4, 0.5) is 0 Å². The monoisotopic (exact) mass is 294 g/mol. The van der Waals surface area contributed by atoms with Crippen LogP contribution in [0, 0.1) is 0 Å². The molecule has 0 radical (unpaired) electrons. The first-order valence-corrected chi connectivity index (χ1v) is 8.07. The molecule has 0 aromatic carbocycles. The lowest BCUT2D eigenvalue weighted by molar-refractivity contribution is -0.151. The average molecular weight is 294 g/mol. The first kappa shape index (κ1) is 15.0.